The van der Waals surface area contributed by atoms with Gasteiger partial charge in [0.1, 0.15) is 5.75 Å². The minimum Gasteiger partial charge on any atom is -0.489 e. The van der Waals surface area contributed by atoms with Gasteiger partial charge in [-0.25, -0.2) is 0 Å². The molecule has 1 saturated heterocycles. The van der Waals surface area contributed by atoms with E-state index in [0.29, 0.717) is 18.9 Å². The Labute approximate surface area is 167 Å². The molecule has 1 aromatic rings. The molecular formula is C21H31ClN2O3. The predicted molar refractivity (Wildman–Crippen MR) is 107 cm³/mol. The third kappa shape index (κ3) is 5.59. The number of rotatable bonds is 9. The highest BCUT2D eigenvalue weighted by Gasteiger charge is 2.33. The molecule has 1 aliphatic carbocycles. The van der Waals surface area contributed by atoms with Crippen LogP contribution in [-0.2, 0) is 16.1 Å². The van der Waals surface area contributed by atoms with Gasteiger partial charge in [-0.05, 0) is 56.3 Å². The molecule has 1 aromatic carbocycles. The molecule has 6 heteroatoms. The van der Waals surface area contributed by atoms with Crippen molar-refractivity contribution in [2.24, 2.45) is 5.92 Å². The first-order valence-corrected chi connectivity index (χ1v) is 10.3. The molecule has 0 unspecified atom stereocenters. The molecule has 1 amide bonds. The molecule has 0 atom stereocenters. The predicted octanol–water partition coefficient (Wildman–Crippen LogP) is 3.59. The van der Waals surface area contributed by atoms with Crippen LogP contribution in [0.15, 0.2) is 18.2 Å². The molecule has 0 spiro atoms. The number of carbonyl (C=O) groups excluding carboxylic acids is 1. The molecule has 0 bridgehead atoms. The number of hydrogen-bond acceptors (Lipinski definition) is 4. The highest BCUT2D eigenvalue weighted by atomic mass is 35.5. The molecule has 0 radical (unpaired) electrons. The van der Waals surface area contributed by atoms with E-state index in [1.54, 1.807) is 7.11 Å². The van der Waals surface area contributed by atoms with Crippen molar-refractivity contribution < 1.29 is 14.3 Å². The van der Waals surface area contributed by atoms with Gasteiger partial charge in [0.25, 0.3) is 0 Å². The van der Waals surface area contributed by atoms with Crippen LogP contribution in [0, 0.1) is 5.92 Å². The molecule has 1 saturated carbocycles. The zero-order valence-electron chi connectivity index (χ0n) is 16.5. The second kappa shape index (κ2) is 9.76. The zero-order valence-corrected chi connectivity index (χ0v) is 17.2. The van der Waals surface area contributed by atoms with E-state index in [9.17, 15) is 4.79 Å². The minimum atomic E-state index is 0.138. The quantitative estimate of drug-likeness (QED) is 0.642. The van der Waals surface area contributed by atoms with E-state index in [4.69, 9.17) is 21.1 Å². The van der Waals surface area contributed by atoms with Crippen LogP contribution in [0.4, 0.5) is 0 Å². The Balaban J connectivity index is 1.45. The number of likely N-dealkylation sites (tertiary alicyclic amines) is 1. The van der Waals surface area contributed by atoms with Crippen LogP contribution in [0.25, 0.3) is 0 Å². The van der Waals surface area contributed by atoms with E-state index in [-0.39, 0.29) is 12.0 Å². The summed E-state index contributed by atoms with van der Waals surface area (Å²) in [6.07, 6.45) is 5.12. The monoisotopic (exact) mass is 394 g/mol. The number of methoxy groups -OCH3 is 1. The normalized spacial score (nSPS) is 22.5. The number of halogens is 1. The maximum absolute atomic E-state index is 12.0. The SMILES string of the molecule is COCCC(=O)N(C)CC1CC(Oc2cccc(CN3CCCC3)c2Cl)C1. The van der Waals surface area contributed by atoms with E-state index in [2.05, 4.69) is 11.0 Å². The third-order valence-corrected chi connectivity index (χ3v) is 6.03. The molecule has 0 aromatic heterocycles. The molecule has 0 N–H and O–H groups in total. The van der Waals surface area contributed by atoms with Crippen molar-refractivity contribution in [2.75, 3.05) is 40.4 Å². The van der Waals surface area contributed by atoms with E-state index >= 15 is 0 Å². The Bertz CT molecular complexity index is 628. The summed E-state index contributed by atoms with van der Waals surface area (Å²) in [4.78, 5) is 16.2. The van der Waals surface area contributed by atoms with E-state index < -0.39 is 0 Å². The molecule has 150 valence electrons. The van der Waals surface area contributed by atoms with Gasteiger partial charge in [-0.2, -0.15) is 0 Å². The number of nitrogens with zero attached hydrogens (tertiary/aromatic N) is 2. The van der Waals surface area contributed by atoms with Gasteiger partial charge in [-0.15, -0.1) is 0 Å². The van der Waals surface area contributed by atoms with Gasteiger partial charge in [-0.1, -0.05) is 23.7 Å². The lowest BCUT2D eigenvalue weighted by Crippen LogP contribution is -2.42. The lowest BCUT2D eigenvalue weighted by molar-refractivity contribution is -0.132. The van der Waals surface area contributed by atoms with E-state index in [1.165, 1.54) is 12.8 Å². The standard InChI is InChI=1S/C21H31ClN2O3/c1-23(20(25)8-11-26-2)14-16-12-18(13-16)27-19-7-5-6-17(21(19)22)15-24-9-3-4-10-24/h5-7,16,18H,3-4,8-15H2,1-2H3. The summed E-state index contributed by atoms with van der Waals surface area (Å²) >= 11 is 6.61. The third-order valence-electron chi connectivity index (χ3n) is 5.60. The molecule has 27 heavy (non-hydrogen) atoms. The Morgan fingerprint density at radius 1 is 1.30 bits per heavy atom. The van der Waals surface area contributed by atoms with Crippen LogP contribution < -0.4 is 4.74 Å². The van der Waals surface area contributed by atoms with Crippen LogP contribution in [0.2, 0.25) is 5.02 Å². The Hall–Kier alpha value is -1.30. The zero-order chi connectivity index (χ0) is 19.2. The van der Waals surface area contributed by atoms with Gasteiger partial charge in [0.15, 0.2) is 0 Å². The maximum atomic E-state index is 12.0. The largest absolute Gasteiger partial charge is 0.489 e. The van der Waals surface area contributed by atoms with Crippen LogP contribution in [0.3, 0.4) is 0 Å². The second-order valence-electron chi connectivity index (χ2n) is 7.81. The summed E-state index contributed by atoms with van der Waals surface area (Å²) in [5, 5.41) is 0.750. The number of hydrogen-bond donors (Lipinski definition) is 0. The van der Waals surface area contributed by atoms with E-state index in [0.717, 1.165) is 55.4 Å². The first-order chi connectivity index (χ1) is 13.1. The van der Waals surface area contributed by atoms with Gasteiger partial charge in [0, 0.05) is 27.2 Å². The molecule has 2 fully saturated rings. The molecule has 1 aliphatic heterocycles. The number of amides is 1. The van der Waals surface area contributed by atoms with Crippen molar-refractivity contribution in [2.45, 2.75) is 44.8 Å². The van der Waals surface area contributed by atoms with Crippen LogP contribution >= 0.6 is 11.6 Å². The van der Waals surface area contributed by atoms with Crippen molar-refractivity contribution in [3.63, 3.8) is 0 Å². The van der Waals surface area contributed by atoms with Gasteiger partial charge in [-0.3, -0.25) is 9.69 Å². The van der Waals surface area contributed by atoms with E-state index in [1.807, 2.05) is 24.1 Å². The minimum absolute atomic E-state index is 0.138. The summed E-state index contributed by atoms with van der Waals surface area (Å²) < 4.78 is 11.1. The summed E-state index contributed by atoms with van der Waals surface area (Å²) in [5.41, 5.74) is 1.15. The lowest BCUT2D eigenvalue weighted by atomic mass is 9.82. The number of ether oxygens (including phenoxy) is 2. The summed E-state index contributed by atoms with van der Waals surface area (Å²) in [5.74, 6) is 1.43. The highest BCUT2D eigenvalue weighted by molar-refractivity contribution is 6.32. The first kappa shape index (κ1) is 20.4. The number of benzene rings is 1. The molecule has 5 nitrogen and oxygen atoms in total. The van der Waals surface area contributed by atoms with Crippen molar-refractivity contribution in [3.05, 3.63) is 28.8 Å². The molecule has 1 heterocycles. The molecule has 2 aliphatic rings. The van der Waals surface area contributed by atoms with Gasteiger partial charge in [0.05, 0.1) is 24.2 Å². The fourth-order valence-electron chi connectivity index (χ4n) is 3.92. The Morgan fingerprint density at radius 2 is 2.04 bits per heavy atom. The maximum Gasteiger partial charge on any atom is 0.224 e. The molecular weight excluding hydrogens is 364 g/mol. The fourth-order valence-corrected chi connectivity index (χ4v) is 4.15. The first-order valence-electron chi connectivity index (χ1n) is 9.96. The summed E-state index contributed by atoms with van der Waals surface area (Å²) in [6, 6.07) is 6.09. The smallest absolute Gasteiger partial charge is 0.224 e. The van der Waals surface area contributed by atoms with Crippen molar-refractivity contribution in [3.8, 4) is 5.75 Å². The van der Waals surface area contributed by atoms with Gasteiger partial charge < -0.3 is 14.4 Å². The van der Waals surface area contributed by atoms with Crippen molar-refractivity contribution in [1.29, 1.82) is 0 Å². The van der Waals surface area contributed by atoms with Crippen LogP contribution in [-0.4, -0.2) is 62.2 Å². The number of carbonyl (C=O) groups is 1. The Morgan fingerprint density at radius 3 is 2.74 bits per heavy atom. The average molecular weight is 395 g/mol. The summed E-state index contributed by atoms with van der Waals surface area (Å²) in [7, 11) is 3.48. The van der Waals surface area contributed by atoms with Gasteiger partial charge >= 0.3 is 0 Å². The van der Waals surface area contributed by atoms with Gasteiger partial charge in [0.2, 0.25) is 5.91 Å². The average Bonchev–Trinajstić information content (AvgIpc) is 3.13. The Kier molecular flexibility index (Phi) is 7.39. The van der Waals surface area contributed by atoms with Crippen molar-refractivity contribution in [1.82, 2.24) is 9.80 Å². The van der Waals surface area contributed by atoms with Crippen LogP contribution in [0.5, 0.6) is 5.75 Å². The topological polar surface area (TPSA) is 42.0 Å². The molecule has 3 rings (SSSR count). The van der Waals surface area contributed by atoms with Crippen LogP contribution in [0.1, 0.15) is 37.7 Å². The summed E-state index contributed by atoms with van der Waals surface area (Å²) in [6.45, 7) is 4.47. The lowest BCUT2D eigenvalue weighted by Gasteiger charge is -2.37. The fraction of sp³-hybridized carbons (Fsp3) is 0.667. The second-order valence-corrected chi connectivity index (χ2v) is 8.18. The van der Waals surface area contributed by atoms with Crippen molar-refractivity contribution >= 4 is 17.5 Å². The highest BCUT2D eigenvalue weighted by Crippen LogP contribution is 2.36.